The van der Waals surface area contributed by atoms with Gasteiger partial charge >= 0.3 is 6.03 Å². The Bertz CT molecular complexity index is 534. The molecule has 1 N–H and O–H groups in total. The van der Waals surface area contributed by atoms with Gasteiger partial charge in [0.15, 0.2) is 0 Å². The largest absolute Gasteiger partial charge is 0.383 e. The zero-order valence-corrected chi connectivity index (χ0v) is 13.5. The fourth-order valence-corrected chi connectivity index (χ4v) is 2.72. The number of carbonyl (C=O) groups excluding carboxylic acids is 1. The van der Waals surface area contributed by atoms with Crippen LogP contribution in [0.25, 0.3) is 0 Å². The van der Waals surface area contributed by atoms with Crippen LogP contribution in [0.2, 0.25) is 0 Å². The van der Waals surface area contributed by atoms with Crippen molar-refractivity contribution >= 4 is 6.03 Å². The minimum Gasteiger partial charge on any atom is -0.383 e. The zero-order chi connectivity index (χ0) is 16.8. The van der Waals surface area contributed by atoms with Crippen LogP contribution in [0.15, 0.2) is 18.2 Å². The molecule has 0 aliphatic carbocycles. The van der Waals surface area contributed by atoms with E-state index >= 15 is 0 Å². The molecule has 0 saturated carbocycles. The van der Waals surface area contributed by atoms with Crippen molar-refractivity contribution in [2.24, 2.45) is 0 Å². The van der Waals surface area contributed by atoms with Crippen LogP contribution >= 0.6 is 0 Å². The molecular formula is C16H23F2N3O2. The Kier molecular flexibility index (Phi) is 6.29. The number of hydrogen-bond acceptors (Lipinski definition) is 3. The number of urea groups is 1. The smallest absolute Gasteiger partial charge is 0.317 e. The number of rotatable bonds is 5. The predicted octanol–water partition coefficient (Wildman–Crippen LogP) is 2.00. The number of nitrogens with zero attached hydrogens (tertiary/aromatic N) is 2. The molecule has 128 valence electrons. The van der Waals surface area contributed by atoms with Gasteiger partial charge in [0.1, 0.15) is 11.6 Å². The lowest BCUT2D eigenvalue weighted by atomic mass is 10.1. The average molecular weight is 327 g/mol. The first-order chi connectivity index (χ1) is 11.0. The summed E-state index contributed by atoms with van der Waals surface area (Å²) in [4.78, 5) is 15.8. The van der Waals surface area contributed by atoms with E-state index in [4.69, 9.17) is 4.74 Å². The Balaban J connectivity index is 1.87. The van der Waals surface area contributed by atoms with Crippen molar-refractivity contribution in [2.75, 3.05) is 46.4 Å². The summed E-state index contributed by atoms with van der Waals surface area (Å²) >= 11 is 0. The van der Waals surface area contributed by atoms with Crippen molar-refractivity contribution in [3.8, 4) is 0 Å². The summed E-state index contributed by atoms with van der Waals surface area (Å²) in [7, 11) is 1.58. The van der Waals surface area contributed by atoms with Crippen LogP contribution in [0.5, 0.6) is 0 Å². The van der Waals surface area contributed by atoms with Crippen LogP contribution in [0.1, 0.15) is 18.5 Å². The Morgan fingerprint density at radius 3 is 2.61 bits per heavy atom. The molecule has 1 atom stereocenters. The highest BCUT2D eigenvalue weighted by atomic mass is 19.1. The Labute approximate surface area is 135 Å². The number of hydrogen-bond donors (Lipinski definition) is 1. The van der Waals surface area contributed by atoms with E-state index in [9.17, 15) is 13.6 Å². The standard InChI is InChI=1S/C16H23F2N3O2/c1-12(14-4-3-13(17)11-15(14)18)20-6-8-21(9-7-20)16(22)19-5-10-23-2/h3-4,11-12H,5-10H2,1-2H3,(H,19,22)/t12-/m0/s1. The molecule has 5 nitrogen and oxygen atoms in total. The second-order valence-electron chi connectivity index (χ2n) is 5.59. The summed E-state index contributed by atoms with van der Waals surface area (Å²) in [6.45, 7) is 5.30. The summed E-state index contributed by atoms with van der Waals surface area (Å²) in [5.41, 5.74) is 0.476. The number of ether oxygens (including phenoxy) is 1. The van der Waals surface area contributed by atoms with Gasteiger partial charge in [0.2, 0.25) is 0 Å². The third-order valence-electron chi connectivity index (χ3n) is 4.14. The summed E-state index contributed by atoms with van der Waals surface area (Å²) in [5.74, 6) is -1.10. The first-order valence-corrected chi connectivity index (χ1v) is 7.73. The second-order valence-corrected chi connectivity index (χ2v) is 5.59. The molecule has 0 radical (unpaired) electrons. The lowest BCUT2D eigenvalue weighted by Crippen LogP contribution is -2.52. The number of carbonyl (C=O) groups is 1. The van der Waals surface area contributed by atoms with Crippen molar-refractivity contribution in [2.45, 2.75) is 13.0 Å². The van der Waals surface area contributed by atoms with Crippen molar-refractivity contribution < 1.29 is 18.3 Å². The molecule has 1 saturated heterocycles. The number of benzene rings is 1. The van der Waals surface area contributed by atoms with E-state index in [1.165, 1.54) is 12.1 Å². The maximum absolute atomic E-state index is 13.9. The van der Waals surface area contributed by atoms with Gasteiger partial charge in [0.25, 0.3) is 0 Å². The normalized spacial score (nSPS) is 17.1. The lowest BCUT2D eigenvalue weighted by molar-refractivity contribution is 0.111. The Morgan fingerprint density at radius 2 is 2.00 bits per heavy atom. The molecule has 1 aromatic rings. The summed E-state index contributed by atoms with van der Waals surface area (Å²) < 4.78 is 31.8. The molecule has 1 aromatic carbocycles. The van der Waals surface area contributed by atoms with Gasteiger partial charge in [-0.05, 0) is 13.0 Å². The molecule has 1 fully saturated rings. The molecule has 7 heteroatoms. The molecule has 1 aliphatic heterocycles. The zero-order valence-electron chi connectivity index (χ0n) is 13.5. The lowest BCUT2D eigenvalue weighted by Gasteiger charge is -2.38. The first kappa shape index (κ1) is 17.6. The minimum atomic E-state index is -0.573. The first-order valence-electron chi connectivity index (χ1n) is 7.73. The van der Waals surface area contributed by atoms with Crippen LogP contribution in [0.4, 0.5) is 13.6 Å². The number of methoxy groups -OCH3 is 1. The predicted molar refractivity (Wildman–Crippen MR) is 83.2 cm³/mol. The van der Waals surface area contributed by atoms with E-state index in [0.29, 0.717) is 44.9 Å². The number of amides is 2. The molecule has 1 aliphatic rings. The third-order valence-corrected chi connectivity index (χ3v) is 4.14. The molecule has 0 unspecified atom stereocenters. The van der Waals surface area contributed by atoms with E-state index in [-0.39, 0.29) is 12.1 Å². The molecule has 0 aromatic heterocycles. The van der Waals surface area contributed by atoms with E-state index in [2.05, 4.69) is 10.2 Å². The van der Waals surface area contributed by atoms with Gasteiger partial charge in [0.05, 0.1) is 6.61 Å². The van der Waals surface area contributed by atoms with E-state index in [0.717, 1.165) is 6.07 Å². The van der Waals surface area contributed by atoms with Gasteiger partial charge < -0.3 is 15.0 Å². The van der Waals surface area contributed by atoms with Crippen LogP contribution in [-0.2, 0) is 4.74 Å². The maximum atomic E-state index is 13.9. The number of piperazine rings is 1. The molecule has 1 heterocycles. The fraction of sp³-hybridized carbons (Fsp3) is 0.562. The second kappa shape index (κ2) is 8.21. The average Bonchev–Trinajstić information content (AvgIpc) is 2.54. The molecule has 23 heavy (non-hydrogen) atoms. The van der Waals surface area contributed by atoms with Crippen molar-refractivity contribution in [3.05, 3.63) is 35.4 Å². The molecule has 0 bridgehead atoms. The maximum Gasteiger partial charge on any atom is 0.317 e. The quantitative estimate of drug-likeness (QED) is 0.842. The topological polar surface area (TPSA) is 44.8 Å². The van der Waals surface area contributed by atoms with Crippen LogP contribution in [0, 0.1) is 11.6 Å². The van der Waals surface area contributed by atoms with Crippen LogP contribution in [0.3, 0.4) is 0 Å². The van der Waals surface area contributed by atoms with E-state index < -0.39 is 11.6 Å². The van der Waals surface area contributed by atoms with Gasteiger partial charge in [-0.15, -0.1) is 0 Å². The van der Waals surface area contributed by atoms with Crippen molar-refractivity contribution in [1.29, 1.82) is 0 Å². The Hall–Kier alpha value is -1.73. The highest BCUT2D eigenvalue weighted by Crippen LogP contribution is 2.24. The van der Waals surface area contributed by atoms with E-state index in [1.54, 1.807) is 12.0 Å². The molecular weight excluding hydrogens is 304 g/mol. The van der Waals surface area contributed by atoms with Gasteiger partial charge in [0, 0.05) is 57.5 Å². The fourth-order valence-electron chi connectivity index (χ4n) is 2.72. The van der Waals surface area contributed by atoms with Gasteiger partial charge in [-0.1, -0.05) is 6.07 Å². The van der Waals surface area contributed by atoms with Crippen molar-refractivity contribution in [1.82, 2.24) is 15.1 Å². The highest BCUT2D eigenvalue weighted by molar-refractivity contribution is 5.74. The summed E-state index contributed by atoms with van der Waals surface area (Å²) in [6.07, 6.45) is 0. The van der Waals surface area contributed by atoms with Gasteiger partial charge in [-0.3, -0.25) is 4.90 Å². The molecule has 0 spiro atoms. The van der Waals surface area contributed by atoms with Crippen LogP contribution in [-0.4, -0.2) is 62.3 Å². The minimum absolute atomic E-state index is 0.109. The number of halogens is 2. The van der Waals surface area contributed by atoms with Crippen LogP contribution < -0.4 is 5.32 Å². The number of nitrogens with one attached hydrogen (secondary N) is 1. The molecule has 2 amide bonds. The van der Waals surface area contributed by atoms with E-state index in [1.807, 2.05) is 6.92 Å². The SMILES string of the molecule is COCCNC(=O)N1CCN([C@@H](C)c2ccc(F)cc2F)CC1. The summed E-state index contributed by atoms with van der Waals surface area (Å²) in [6, 6.07) is 3.40. The summed E-state index contributed by atoms with van der Waals surface area (Å²) in [5, 5.41) is 2.79. The molecule has 2 rings (SSSR count). The highest BCUT2D eigenvalue weighted by Gasteiger charge is 2.25. The van der Waals surface area contributed by atoms with Crippen molar-refractivity contribution in [3.63, 3.8) is 0 Å². The van der Waals surface area contributed by atoms with Gasteiger partial charge in [-0.2, -0.15) is 0 Å². The Morgan fingerprint density at radius 1 is 1.30 bits per heavy atom. The monoisotopic (exact) mass is 327 g/mol. The third kappa shape index (κ3) is 4.62. The van der Waals surface area contributed by atoms with Gasteiger partial charge in [-0.25, -0.2) is 13.6 Å².